The number of aromatic nitrogens is 2. The maximum Gasteiger partial charge on any atom is 0.269 e. The summed E-state index contributed by atoms with van der Waals surface area (Å²) in [6.07, 6.45) is 1.64. The second kappa shape index (κ2) is 9.37. The summed E-state index contributed by atoms with van der Waals surface area (Å²) in [4.78, 5) is 24.2. The summed E-state index contributed by atoms with van der Waals surface area (Å²) in [7, 11) is -3.69. The van der Waals surface area contributed by atoms with Crippen molar-refractivity contribution in [2.75, 3.05) is 13.2 Å². The minimum Gasteiger partial charge on any atom is -0.377 e. The highest BCUT2D eigenvalue weighted by molar-refractivity contribution is 7.89. The van der Waals surface area contributed by atoms with Crippen molar-refractivity contribution >= 4 is 21.8 Å². The van der Waals surface area contributed by atoms with Crippen molar-refractivity contribution in [1.82, 2.24) is 25.4 Å². The second-order valence-electron chi connectivity index (χ2n) is 7.10. The lowest BCUT2D eigenvalue weighted by Gasteiger charge is -2.12. The Kier molecular flexibility index (Phi) is 6.85. The molecule has 162 valence electrons. The number of ether oxygens (including phenoxy) is 1. The van der Waals surface area contributed by atoms with E-state index in [0.717, 1.165) is 24.2 Å². The first-order valence-corrected chi connectivity index (χ1v) is 11.0. The molecule has 2 heterocycles. The predicted molar refractivity (Wildman–Crippen MR) is 108 cm³/mol. The second-order valence-corrected chi connectivity index (χ2v) is 8.87. The van der Waals surface area contributed by atoms with E-state index in [0.29, 0.717) is 6.61 Å². The number of carbonyl (C=O) groups is 2. The number of carbonyl (C=O) groups excluding carboxylic acids is 2. The standard InChI is InChI=1S/C19H25N5O5S/c1-13-10-14(2)24(23-13)12-18(25)21-22-19(26)15-5-7-17(8-6-15)30(27,28)20-11-16-4-3-9-29-16/h5-8,10,16,20H,3-4,9,11-12H2,1-2H3,(H,21,25)(H,22,26). The van der Waals surface area contributed by atoms with Crippen LogP contribution < -0.4 is 15.6 Å². The van der Waals surface area contributed by atoms with Crippen LogP contribution >= 0.6 is 0 Å². The molecule has 1 fully saturated rings. The van der Waals surface area contributed by atoms with Gasteiger partial charge in [0.1, 0.15) is 6.54 Å². The summed E-state index contributed by atoms with van der Waals surface area (Å²) in [5.74, 6) is -1.000. The Morgan fingerprint density at radius 2 is 1.93 bits per heavy atom. The van der Waals surface area contributed by atoms with Gasteiger partial charge in [-0.1, -0.05) is 0 Å². The average molecular weight is 436 g/mol. The van der Waals surface area contributed by atoms with E-state index < -0.39 is 21.8 Å². The average Bonchev–Trinajstić information content (AvgIpc) is 3.34. The Morgan fingerprint density at radius 1 is 1.20 bits per heavy atom. The van der Waals surface area contributed by atoms with Crippen LogP contribution in [0, 0.1) is 13.8 Å². The minimum absolute atomic E-state index is 0.0342. The van der Waals surface area contributed by atoms with Crippen LogP contribution in [0.2, 0.25) is 0 Å². The van der Waals surface area contributed by atoms with Crippen LogP contribution in [0.3, 0.4) is 0 Å². The first-order valence-electron chi connectivity index (χ1n) is 9.56. The Balaban J connectivity index is 1.51. The molecule has 1 atom stereocenters. The van der Waals surface area contributed by atoms with Crippen molar-refractivity contribution in [2.24, 2.45) is 0 Å². The van der Waals surface area contributed by atoms with Gasteiger partial charge in [-0.3, -0.25) is 25.1 Å². The monoisotopic (exact) mass is 435 g/mol. The predicted octanol–water partition coefficient (Wildman–Crippen LogP) is 0.418. The van der Waals surface area contributed by atoms with Crippen LogP contribution in [0.1, 0.15) is 34.6 Å². The maximum absolute atomic E-state index is 12.4. The molecule has 0 aliphatic carbocycles. The topological polar surface area (TPSA) is 131 Å². The van der Waals surface area contributed by atoms with Crippen molar-refractivity contribution in [3.05, 3.63) is 47.3 Å². The van der Waals surface area contributed by atoms with Crippen molar-refractivity contribution in [3.8, 4) is 0 Å². The number of sulfonamides is 1. The van der Waals surface area contributed by atoms with Crippen LogP contribution in [0.25, 0.3) is 0 Å². The molecule has 2 amide bonds. The Labute approximate surface area is 175 Å². The number of hydrazine groups is 1. The molecule has 30 heavy (non-hydrogen) atoms. The molecule has 0 saturated carbocycles. The van der Waals surface area contributed by atoms with Gasteiger partial charge in [0, 0.05) is 24.4 Å². The fourth-order valence-electron chi connectivity index (χ4n) is 3.09. The molecule has 0 radical (unpaired) electrons. The summed E-state index contributed by atoms with van der Waals surface area (Å²) in [5.41, 5.74) is 6.46. The molecule has 3 N–H and O–H groups in total. The minimum atomic E-state index is -3.69. The van der Waals surface area contributed by atoms with Crippen molar-refractivity contribution in [1.29, 1.82) is 0 Å². The molecule has 1 aromatic carbocycles. The van der Waals surface area contributed by atoms with E-state index in [2.05, 4.69) is 20.7 Å². The van der Waals surface area contributed by atoms with E-state index in [9.17, 15) is 18.0 Å². The van der Waals surface area contributed by atoms with E-state index in [4.69, 9.17) is 4.74 Å². The van der Waals surface area contributed by atoms with Gasteiger partial charge in [-0.15, -0.1) is 0 Å². The molecule has 2 aromatic rings. The summed E-state index contributed by atoms with van der Waals surface area (Å²) in [5, 5.41) is 4.18. The zero-order chi connectivity index (χ0) is 21.7. The number of benzene rings is 1. The molecule has 1 aromatic heterocycles. The first-order chi connectivity index (χ1) is 14.2. The maximum atomic E-state index is 12.4. The highest BCUT2D eigenvalue weighted by Crippen LogP contribution is 2.14. The third-order valence-electron chi connectivity index (χ3n) is 4.66. The van der Waals surface area contributed by atoms with Gasteiger partial charge in [0.2, 0.25) is 10.0 Å². The summed E-state index contributed by atoms with van der Waals surface area (Å²) < 4.78 is 34.2. The Morgan fingerprint density at radius 3 is 2.53 bits per heavy atom. The fraction of sp³-hybridized carbons (Fsp3) is 0.421. The van der Waals surface area contributed by atoms with Crippen molar-refractivity contribution in [3.63, 3.8) is 0 Å². The van der Waals surface area contributed by atoms with Crippen LogP contribution in [0.4, 0.5) is 0 Å². The van der Waals surface area contributed by atoms with Crippen molar-refractivity contribution < 1.29 is 22.7 Å². The SMILES string of the molecule is Cc1cc(C)n(CC(=O)NNC(=O)c2ccc(S(=O)(=O)NCC3CCCO3)cc2)n1. The van der Waals surface area contributed by atoms with E-state index >= 15 is 0 Å². The molecule has 1 unspecified atom stereocenters. The molecular formula is C19H25N5O5S. The van der Waals surface area contributed by atoms with Gasteiger partial charge in [-0.2, -0.15) is 5.10 Å². The molecule has 10 nitrogen and oxygen atoms in total. The summed E-state index contributed by atoms with van der Waals surface area (Å²) in [6, 6.07) is 7.28. The molecule has 3 rings (SSSR count). The smallest absolute Gasteiger partial charge is 0.269 e. The lowest BCUT2D eigenvalue weighted by molar-refractivity contribution is -0.122. The van der Waals surface area contributed by atoms with Gasteiger partial charge in [0.05, 0.1) is 16.7 Å². The number of nitrogens with one attached hydrogen (secondary N) is 3. The van der Waals surface area contributed by atoms with Gasteiger partial charge in [-0.05, 0) is 57.0 Å². The van der Waals surface area contributed by atoms with Crippen LogP contribution in [0.15, 0.2) is 35.2 Å². The quantitative estimate of drug-likeness (QED) is 0.540. The normalized spacial score (nSPS) is 16.4. The third-order valence-corrected chi connectivity index (χ3v) is 6.10. The number of amides is 2. The van der Waals surface area contributed by atoms with E-state index in [1.54, 1.807) is 0 Å². The number of hydrogen-bond donors (Lipinski definition) is 3. The molecule has 1 aliphatic rings. The molecule has 1 aliphatic heterocycles. The van der Waals surface area contributed by atoms with E-state index in [1.165, 1.54) is 28.9 Å². The van der Waals surface area contributed by atoms with Crippen LogP contribution in [0.5, 0.6) is 0 Å². The molecule has 0 bridgehead atoms. The van der Waals surface area contributed by atoms with E-state index in [1.807, 2.05) is 19.9 Å². The van der Waals surface area contributed by atoms with Crippen LogP contribution in [-0.4, -0.2) is 49.3 Å². The number of hydrogen-bond acceptors (Lipinski definition) is 6. The zero-order valence-corrected chi connectivity index (χ0v) is 17.7. The number of aryl methyl sites for hydroxylation is 2. The highest BCUT2D eigenvalue weighted by Gasteiger charge is 2.20. The van der Waals surface area contributed by atoms with Gasteiger partial charge in [0.15, 0.2) is 0 Å². The van der Waals surface area contributed by atoms with Gasteiger partial charge in [-0.25, -0.2) is 13.1 Å². The van der Waals surface area contributed by atoms with Gasteiger partial charge in [0.25, 0.3) is 11.8 Å². The van der Waals surface area contributed by atoms with Gasteiger partial charge >= 0.3 is 0 Å². The molecule has 1 saturated heterocycles. The largest absolute Gasteiger partial charge is 0.377 e. The molecule has 11 heteroatoms. The van der Waals surface area contributed by atoms with Gasteiger partial charge < -0.3 is 4.74 Å². The Hall–Kier alpha value is -2.76. The number of rotatable bonds is 7. The van der Waals surface area contributed by atoms with Crippen molar-refractivity contribution in [2.45, 2.75) is 44.2 Å². The fourth-order valence-corrected chi connectivity index (χ4v) is 4.15. The zero-order valence-electron chi connectivity index (χ0n) is 16.8. The van der Waals surface area contributed by atoms with Crippen LogP contribution in [-0.2, 0) is 26.1 Å². The summed E-state index contributed by atoms with van der Waals surface area (Å²) in [6.45, 7) is 4.48. The number of nitrogens with zero attached hydrogens (tertiary/aromatic N) is 2. The van der Waals surface area contributed by atoms with E-state index in [-0.39, 0.29) is 29.7 Å². The molecule has 0 spiro atoms. The third kappa shape index (κ3) is 5.65. The highest BCUT2D eigenvalue weighted by atomic mass is 32.2. The Bertz CT molecular complexity index is 1010. The summed E-state index contributed by atoms with van der Waals surface area (Å²) >= 11 is 0. The molecular weight excluding hydrogens is 410 g/mol. The lowest BCUT2D eigenvalue weighted by atomic mass is 10.2. The lowest BCUT2D eigenvalue weighted by Crippen LogP contribution is -2.43. The first kappa shape index (κ1) is 21.9.